The van der Waals surface area contributed by atoms with E-state index in [0.717, 1.165) is 33.8 Å². The van der Waals surface area contributed by atoms with E-state index in [0.29, 0.717) is 0 Å². The summed E-state index contributed by atoms with van der Waals surface area (Å²) in [5, 5.41) is 6.15. The normalized spacial score (nSPS) is 12.1. The van der Waals surface area contributed by atoms with Crippen LogP contribution >= 0.6 is 0 Å². The Hall–Kier alpha value is -6.19. The van der Waals surface area contributed by atoms with E-state index in [2.05, 4.69) is 155 Å². The number of pyridine rings is 1. The van der Waals surface area contributed by atoms with Gasteiger partial charge in [0, 0.05) is 32.7 Å². The Labute approximate surface area is 266 Å². The lowest BCUT2D eigenvalue weighted by atomic mass is 9.98. The van der Waals surface area contributed by atoms with Crippen LogP contribution < -0.4 is 0 Å². The molecule has 0 unspecified atom stereocenters. The van der Waals surface area contributed by atoms with Crippen molar-refractivity contribution in [1.29, 1.82) is 0 Å². The summed E-state index contributed by atoms with van der Waals surface area (Å²) < 4.78 is 4.90. The number of para-hydroxylation sites is 4. The van der Waals surface area contributed by atoms with Crippen LogP contribution in [0.15, 0.2) is 175 Å². The third-order valence-corrected chi connectivity index (χ3v) is 9.08. The van der Waals surface area contributed by atoms with Gasteiger partial charge in [0.05, 0.1) is 33.6 Å². The molecule has 0 spiro atoms. The minimum absolute atomic E-state index is 0.835. The van der Waals surface area contributed by atoms with Crippen LogP contribution in [-0.2, 0) is 0 Å². The molecule has 0 aliphatic carbocycles. The lowest BCUT2D eigenvalue weighted by Gasteiger charge is -2.15. The van der Waals surface area contributed by atoms with E-state index in [-0.39, 0.29) is 0 Å². The number of nitrogens with zero attached hydrogens (tertiary/aromatic N) is 3. The monoisotopic (exact) mass is 587 g/mol. The zero-order valence-electron chi connectivity index (χ0n) is 25.1. The van der Waals surface area contributed by atoms with Crippen molar-refractivity contribution < 1.29 is 0 Å². The number of aliphatic imine (C=N–C) groups is 1. The molecule has 46 heavy (non-hydrogen) atoms. The molecule has 3 nitrogen and oxygen atoms in total. The van der Waals surface area contributed by atoms with Crippen LogP contribution in [0.1, 0.15) is 5.56 Å². The molecule has 0 bridgehead atoms. The van der Waals surface area contributed by atoms with Crippen LogP contribution in [-0.4, -0.2) is 14.7 Å². The van der Waals surface area contributed by atoms with Crippen molar-refractivity contribution in [2.24, 2.45) is 4.99 Å². The second kappa shape index (κ2) is 10.5. The van der Waals surface area contributed by atoms with Gasteiger partial charge in [-0.05, 0) is 41.3 Å². The first-order valence-corrected chi connectivity index (χ1v) is 15.6. The van der Waals surface area contributed by atoms with Gasteiger partial charge < -0.3 is 0 Å². The summed E-state index contributed by atoms with van der Waals surface area (Å²) in [6, 6.07) is 55.9. The number of allylic oxidation sites excluding steroid dienone is 1. The average Bonchev–Trinajstić information content (AvgIpc) is 3.65. The Balaban J connectivity index is 1.53. The first-order chi connectivity index (χ1) is 22.8. The fourth-order valence-corrected chi connectivity index (χ4v) is 7.18. The van der Waals surface area contributed by atoms with Gasteiger partial charge in [-0.15, -0.1) is 0 Å². The molecule has 3 heterocycles. The maximum absolute atomic E-state index is 5.24. The molecule has 0 amide bonds. The molecule has 9 rings (SSSR count). The smallest absolute Gasteiger partial charge is 0.131 e. The van der Waals surface area contributed by atoms with Gasteiger partial charge in [-0.25, -0.2) is 4.99 Å². The first kappa shape index (κ1) is 26.2. The van der Waals surface area contributed by atoms with E-state index in [1.54, 1.807) is 0 Å². The van der Waals surface area contributed by atoms with Crippen LogP contribution in [0.4, 0.5) is 5.69 Å². The standard InChI is InChI=1S/C43H29N3/c1-2-35(29-17-5-3-6-18-29)44-36-25-13-16-28-39(36)45-38-27-15-12-24-34(38)41-40(30-19-7-4-8-20-30)42-33-23-10-9-21-31(33)32-22-11-14-26-37(32)46(42)43(41)45/h2-28H,1H2/b44-35+. The molecular weight excluding hydrogens is 558 g/mol. The predicted octanol–water partition coefficient (Wildman–Crippen LogP) is 11.3. The third-order valence-electron chi connectivity index (χ3n) is 9.08. The Morgan fingerprint density at radius 3 is 1.89 bits per heavy atom. The summed E-state index contributed by atoms with van der Waals surface area (Å²) in [6.45, 7) is 4.13. The summed E-state index contributed by atoms with van der Waals surface area (Å²) in [4.78, 5) is 5.24. The summed E-state index contributed by atoms with van der Waals surface area (Å²) in [7, 11) is 0. The third kappa shape index (κ3) is 3.82. The minimum atomic E-state index is 0.835. The average molecular weight is 588 g/mol. The molecule has 0 saturated heterocycles. The van der Waals surface area contributed by atoms with Gasteiger partial charge in [0.25, 0.3) is 0 Å². The van der Waals surface area contributed by atoms with Crippen LogP contribution in [0.5, 0.6) is 0 Å². The van der Waals surface area contributed by atoms with Gasteiger partial charge in [0.2, 0.25) is 0 Å². The van der Waals surface area contributed by atoms with Gasteiger partial charge in [-0.2, -0.15) is 0 Å². The molecule has 9 aromatic rings. The fraction of sp³-hybridized carbons (Fsp3) is 0. The Kier molecular flexibility index (Phi) is 5.97. The summed E-state index contributed by atoms with van der Waals surface area (Å²) in [5.41, 5.74) is 10.8. The van der Waals surface area contributed by atoms with Crippen molar-refractivity contribution in [3.8, 4) is 16.8 Å². The molecule has 0 atom stereocenters. The molecule has 216 valence electrons. The first-order valence-electron chi connectivity index (χ1n) is 15.6. The number of hydrogen-bond acceptors (Lipinski definition) is 1. The Bertz CT molecular complexity index is 2640. The molecular formula is C43H29N3. The highest BCUT2D eigenvalue weighted by molar-refractivity contribution is 6.27. The second-order valence-electron chi connectivity index (χ2n) is 11.6. The van der Waals surface area contributed by atoms with Crippen molar-refractivity contribution in [2.75, 3.05) is 0 Å². The zero-order chi connectivity index (χ0) is 30.6. The fourth-order valence-electron chi connectivity index (χ4n) is 7.18. The summed E-state index contributed by atoms with van der Waals surface area (Å²) in [6.07, 6.45) is 1.84. The van der Waals surface area contributed by atoms with Gasteiger partial charge in [0.15, 0.2) is 0 Å². The number of aromatic nitrogens is 2. The van der Waals surface area contributed by atoms with Gasteiger partial charge in [-0.3, -0.25) is 8.97 Å². The van der Waals surface area contributed by atoms with E-state index >= 15 is 0 Å². The molecule has 0 radical (unpaired) electrons. The SMILES string of the molecule is C=C/C(=N\c1ccccc1-n1c2ccccc2c2c(-c3ccccc3)c3c4ccccc4c4ccccc4n3c21)c1ccccc1. The van der Waals surface area contributed by atoms with E-state index in [9.17, 15) is 0 Å². The lowest BCUT2D eigenvalue weighted by molar-refractivity contribution is 1.12. The zero-order valence-corrected chi connectivity index (χ0v) is 25.1. The molecule has 3 aromatic heterocycles. The molecule has 0 fully saturated rings. The van der Waals surface area contributed by atoms with Gasteiger partial charge >= 0.3 is 0 Å². The van der Waals surface area contributed by atoms with Crippen molar-refractivity contribution in [3.05, 3.63) is 176 Å². The van der Waals surface area contributed by atoms with Gasteiger partial charge in [-0.1, -0.05) is 140 Å². The molecule has 0 saturated carbocycles. The van der Waals surface area contributed by atoms with Crippen LogP contribution in [0.2, 0.25) is 0 Å². The maximum atomic E-state index is 5.24. The van der Waals surface area contributed by atoms with Crippen LogP contribution in [0.3, 0.4) is 0 Å². The van der Waals surface area contributed by atoms with Crippen molar-refractivity contribution in [1.82, 2.24) is 8.97 Å². The molecule has 3 heteroatoms. The van der Waals surface area contributed by atoms with Crippen LogP contribution in [0.25, 0.3) is 65.9 Å². The minimum Gasteiger partial charge on any atom is -0.294 e. The summed E-state index contributed by atoms with van der Waals surface area (Å²) in [5.74, 6) is 0. The summed E-state index contributed by atoms with van der Waals surface area (Å²) >= 11 is 0. The highest BCUT2D eigenvalue weighted by Gasteiger charge is 2.26. The van der Waals surface area contributed by atoms with E-state index in [4.69, 9.17) is 4.99 Å². The highest BCUT2D eigenvalue weighted by atomic mass is 15.1. The Morgan fingerprint density at radius 2 is 1.13 bits per heavy atom. The second-order valence-corrected chi connectivity index (χ2v) is 11.6. The van der Waals surface area contributed by atoms with Crippen molar-refractivity contribution >= 4 is 60.5 Å². The van der Waals surface area contributed by atoms with E-state index < -0.39 is 0 Å². The number of fused-ring (bicyclic) bond motifs is 10. The Morgan fingerprint density at radius 1 is 0.543 bits per heavy atom. The lowest BCUT2D eigenvalue weighted by Crippen LogP contribution is -2.01. The molecule has 0 aliphatic rings. The topological polar surface area (TPSA) is 21.7 Å². The highest BCUT2D eigenvalue weighted by Crippen LogP contribution is 2.47. The van der Waals surface area contributed by atoms with Gasteiger partial charge in [0.1, 0.15) is 5.65 Å². The molecule has 0 N–H and O–H groups in total. The van der Waals surface area contributed by atoms with Crippen molar-refractivity contribution in [2.45, 2.75) is 0 Å². The van der Waals surface area contributed by atoms with Crippen LogP contribution in [0, 0.1) is 0 Å². The van der Waals surface area contributed by atoms with Crippen molar-refractivity contribution in [3.63, 3.8) is 0 Å². The quantitative estimate of drug-likeness (QED) is 0.141. The van der Waals surface area contributed by atoms with E-state index in [1.807, 2.05) is 24.3 Å². The maximum Gasteiger partial charge on any atom is 0.131 e. The number of hydrogen-bond donors (Lipinski definition) is 0. The molecule has 6 aromatic carbocycles. The number of rotatable bonds is 5. The number of benzene rings is 6. The predicted molar refractivity (Wildman–Crippen MR) is 195 cm³/mol. The largest absolute Gasteiger partial charge is 0.294 e. The van der Waals surface area contributed by atoms with E-state index in [1.165, 1.54) is 49.1 Å². The molecule has 0 aliphatic heterocycles.